The highest BCUT2D eigenvalue weighted by molar-refractivity contribution is 5.74. The molecule has 1 heterocycles. The lowest BCUT2D eigenvalue weighted by molar-refractivity contribution is -0.134. The normalized spacial score (nSPS) is 13.5. The van der Waals surface area contributed by atoms with Gasteiger partial charge in [-0.05, 0) is 41.7 Å². The van der Waals surface area contributed by atoms with Crippen LogP contribution in [0.3, 0.4) is 0 Å². The van der Waals surface area contributed by atoms with Crippen LogP contribution in [-0.2, 0) is 11.3 Å². The number of carbonyl (C=O) groups excluding carboxylic acids is 1. The molecule has 0 saturated heterocycles. The highest BCUT2D eigenvalue weighted by Crippen LogP contribution is 2.39. The standard InChI is InChI=1S/C27H33F3N4O/c1-18(35)34(12-11-23(31)15-28)25(27(2,3)4)26-32-24(20-8-6-10-22(30)14-20)17-33(26)16-19-7-5-9-21(29)13-19/h5-10,13-14,17,23,25H,11-12,15-16,31H2,1-4H3/t23?,25-/m0/s1. The van der Waals surface area contributed by atoms with Crippen LogP contribution in [0.2, 0.25) is 0 Å². The molecule has 0 fully saturated rings. The smallest absolute Gasteiger partial charge is 0.220 e. The molecule has 0 spiro atoms. The molecule has 2 atom stereocenters. The van der Waals surface area contributed by atoms with E-state index in [0.717, 1.165) is 5.56 Å². The van der Waals surface area contributed by atoms with E-state index < -0.39 is 24.2 Å². The van der Waals surface area contributed by atoms with Crippen molar-refractivity contribution < 1.29 is 18.0 Å². The van der Waals surface area contributed by atoms with Crippen molar-refractivity contribution in [3.8, 4) is 11.3 Å². The number of halogens is 3. The van der Waals surface area contributed by atoms with Crippen molar-refractivity contribution in [1.29, 1.82) is 0 Å². The fourth-order valence-electron chi connectivity index (χ4n) is 4.24. The van der Waals surface area contributed by atoms with Gasteiger partial charge in [0, 0.05) is 37.8 Å². The van der Waals surface area contributed by atoms with Gasteiger partial charge in [0.15, 0.2) is 0 Å². The summed E-state index contributed by atoms with van der Waals surface area (Å²) in [5.41, 5.74) is 7.19. The molecular weight excluding hydrogens is 453 g/mol. The van der Waals surface area contributed by atoms with Crippen molar-refractivity contribution in [1.82, 2.24) is 14.5 Å². The Balaban J connectivity index is 2.14. The summed E-state index contributed by atoms with van der Waals surface area (Å²) in [5.74, 6) is -0.359. The van der Waals surface area contributed by atoms with Crippen molar-refractivity contribution in [2.24, 2.45) is 11.1 Å². The van der Waals surface area contributed by atoms with Crippen molar-refractivity contribution in [2.75, 3.05) is 13.2 Å². The molecule has 35 heavy (non-hydrogen) atoms. The number of hydrogen-bond donors (Lipinski definition) is 1. The highest BCUT2D eigenvalue weighted by atomic mass is 19.1. The van der Waals surface area contributed by atoms with E-state index in [0.29, 0.717) is 30.0 Å². The largest absolute Gasteiger partial charge is 0.332 e. The summed E-state index contributed by atoms with van der Waals surface area (Å²) < 4.78 is 42.8. The van der Waals surface area contributed by atoms with E-state index in [1.54, 1.807) is 29.3 Å². The van der Waals surface area contributed by atoms with Crippen LogP contribution in [0.15, 0.2) is 54.7 Å². The molecule has 0 aliphatic carbocycles. The first-order valence-corrected chi connectivity index (χ1v) is 11.7. The second-order valence-corrected chi connectivity index (χ2v) is 9.94. The fourth-order valence-corrected chi connectivity index (χ4v) is 4.24. The molecule has 1 unspecified atom stereocenters. The van der Waals surface area contributed by atoms with E-state index >= 15 is 0 Å². The van der Waals surface area contributed by atoms with Crippen molar-refractivity contribution >= 4 is 5.91 Å². The molecule has 0 bridgehead atoms. The summed E-state index contributed by atoms with van der Waals surface area (Å²) in [4.78, 5) is 19.3. The second-order valence-electron chi connectivity index (χ2n) is 9.94. The quantitative estimate of drug-likeness (QED) is 0.434. The molecule has 5 nitrogen and oxygen atoms in total. The van der Waals surface area contributed by atoms with E-state index in [2.05, 4.69) is 0 Å². The van der Waals surface area contributed by atoms with Gasteiger partial charge in [0.2, 0.25) is 5.91 Å². The van der Waals surface area contributed by atoms with Gasteiger partial charge in [-0.15, -0.1) is 0 Å². The van der Waals surface area contributed by atoms with Gasteiger partial charge in [-0.25, -0.2) is 18.2 Å². The van der Waals surface area contributed by atoms with E-state index in [9.17, 15) is 18.0 Å². The fraction of sp³-hybridized carbons (Fsp3) is 0.407. The Morgan fingerprint density at radius 3 is 2.34 bits per heavy atom. The summed E-state index contributed by atoms with van der Waals surface area (Å²) in [6.07, 6.45) is 2.09. The van der Waals surface area contributed by atoms with Crippen LogP contribution >= 0.6 is 0 Å². The number of benzene rings is 2. The van der Waals surface area contributed by atoms with Crippen LogP contribution in [0.1, 0.15) is 51.5 Å². The summed E-state index contributed by atoms with van der Waals surface area (Å²) >= 11 is 0. The third kappa shape index (κ3) is 6.72. The lowest BCUT2D eigenvalue weighted by atomic mass is 9.84. The van der Waals surface area contributed by atoms with Crippen LogP contribution in [0.4, 0.5) is 13.2 Å². The van der Waals surface area contributed by atoms with Gasteiger partial charge in [-0.1, -0.05) is 45.0 Å². The summed E-state index contributed by atoms with van der Waals surface area (Å²) in [7, 11) is 0. The van der Waals surface area contributed by atoms with Gasteiger partial charge in [-0.2, -0.15) is 0 Å². The maximum Gasteiger partial charge on any atom is 0.220 e. The van der Waals surface area contributed by atoms with E-state index in [1.165, 1.54) is 31.2 Å². The van der Waals surface area contributed by atoms with Crippen LogP contribution in [0, 0.1) is 17.0 Å². The molecule has 3 aromatic rings. The van der Waals surface area contributed by atoms with E-state index in [4.69, 9.17) is 10.7 Å². The van der Waals surface area contributed by atoms with E-state index in [-0.39, 0.29) is 24.1 Å². The Kier molecular flexibility index (Phi) is 8.38. The molecule has 3 rings (SSSR count). The number of nitrogens with zero attached hydrogens (tertiary/aromatic N) is 3. The summed E-state index contributed by atoms with van der Waals surface area (Å²) in [5, 5.41) is 0. The van der Waals surface area contributed by atoms with Gasteiger partial charge < -0.3 is 15.2 Å². The molecule has 0 aliphatic rings. The van der Waals surface area contributed by atoms with E-state index in [1.807, 2.05) is 31.4 Å². The van der Waals surface area contributed by atoms with Gasteiger partial charge >= 0.3 is 0 Å². The predicted molar refractivity (Wildman–Crippen MR) is 131 cm³/mol. The average Bonchev–Trinajstić information content (AvgIpc) is 3.18. The van der Waals surface area contributed by atoms with Crippen molar-refractivity contribution in [3.63, 3.8) is 0 Å². The predicted octanol–water partition coefficient (Wildman–Crippen LogP) is 5.50. The molecule has 8 heteroatoms. The molecule has 1 amide bonds. The summed E-state index contributed by atoms with van der Waals surface area (Å²) in [6, 6.07) is 11.2. The minimum atomic E-state index is -0.677. The zero-order valence-electron chi connectivity index (χ0n) is 20.6. The Morgan fingerprint density at radius 1 is 1.11 bits per heavy atom. The summed E-state index contributed by atoms with van der Waals surface area (Å²) in [6.45, 7) is 7.32. The van der Waals surface area contributed by atoms with Crippen LogP contribution < -0.4 is 5.73 Å². The highest BCUT2D eigenvalue weighted by Gasteiger charge is 2.37. The minimum absolute atomic E-state index is 0.191. The van der Waals surface area contributed by atoms with Gasteiger partial charge in [0.25, 0.3) is 0 Å². The third-order valence-corrected chi connectivity index (χ3v) is 5.89. The Bertz CT molecular complexity index is 1160. The topological polar surface area (TPSA) is 64.2 Å². The maximum absolute atomic E-state index is 14.0. The SMILES string of the molecule is CC(=O)N(CCC(N)CF)[C@@H](c1nc(-c2cccc(F)c2)cn1Cc1cccc(F)c1)C(C)(C)C. The first-order valence-electron chi connectivity index (χ1n) is 11.7. The number of imidazole rings is 1. The monoisotopic (exact) mass is 486 g/mol. The molecule has 188 valence electrons. The van der Waals surface area contributed by atoms with Crippen LogP contribution in [0.25, 0.3) is 11.3 Å². The van der Waals surface area contributed by atoms with Crippen LogP contribution in [0.5, 0.6) is 0 Å². The molecule has 0 radical (unpaired) electrons. The minimum Gasteiger partial charge on any atom is -0.332 e. The number of nitrogens with two attached hydrogens (primary N) is 1. The van der Waals surface area contributed by atoms with Gasteiger partial charge in [-0.3, -0.25) is 4.79 Å². The molecule has 2 aromatic carbocycles. The van der Waals surface area contributed by atoms with Gasteiger partial charge in [0.1, 0.15) is 24.1 Å². The number of aromatic nitrogens is 2. The average molecular weight is 487 g/mol. The Hall–Kier alpha value is -3.13. The first kappa shape index (κ1) is 26.5. The molecule has 2 N–H and O–H groups in total. The Morgan fingerprint density at radius 2 is 1.77 bits per heavy atom. The molecular formula is C27H33F3N4O. The van der Waals surface area contributed by atoms with Crippen molar-refractivity contribution in [2.45, 2.75) is 52.7 Å². The number of rotatable bonds is 9. The Labute approximate surface area is 204 Å². The second kappa shape index (κ2) is 11.1. The van der Waals surface area contributed by atoms with Crippen molar-refractivity contribution in [3.05, 3.63) is 77.8 Å². The zero-order valence-corrected chi connectivity index (χ0v) is 20.6. The zero-order chi connectivity index (χ0) is 25.8. The number of amides is 1. The lowest BCUT2D eigenvalue weighted by Crippen LogP contribution is -2.43. The maximum atomic E-state index is 14.0. The number of carbonyl (C=O) groups is 1. The number of hydrogen-bond acceptors (Lipinski definition) is 3. The molecule has 1 aromatic heterocycles. The molecule has 0 aliphatic heterocycles. The third-order valence-electron chi connectivity index (χ3n) is 5.89. The molecule has 0 saturated carbocycles. The number of alkyl halides is 1. The lowest BCUT2D eigenvalue weighted by Gasteiger charge is -2.40. The van der Waals surface area contributed by atoms with Gasteiger partial charge in [0.05, 0.1) is 11.7 Å². The first-order chi connectivity index (χ1) is 16.5. The van der Waals surface area contributed by atoms with Crippen LogP contribution in [-0.4, -0.2) is 39.6 Å².